The van der Waals surface area contributed by atoms with Crippen molar-refractivity contribution in [3.05, 3.63) is 44.8 Å². The van der Waals surface area contributed by atoms with E-state index in [0.29, 0.717) is 21.8 Å². The summed E-state index contributed by atoms with van der Waals surface area (Å²) in [6, 6.07) is 6.40. The Balaban J connectivity index is 1.68. The molecule has 1 aliphatic carbocycles. The number of carbonyl (C=O) groups is 3. The Hall–Kier alpha value is -2.89. The van der Waals surface area contributed by atoms with Crippen LogP contribution in [0.2, 0.25) is 5.02 Å². The molecular formula is C20H18ClN3O4S. The topological polar surface area (TPSA) is 108 Å². The molecule has 0 bridgehead atoms. The first-order chi connectivity index (χ1) is 13.9. The van der Waals surface area contributed by atoms with Gasteiger partial charge < -0.3 is 15.4 Å². The molecule has 150 valence electrons. The maximum atomic E-state index is 12.7. The van der Waals surface area contributed by atoms with E-state index < -0.39 is 18.5 Å². The predicted molar refractivity (Wildman–Crippen MR) is 110 cm³/mol. The van der Waals surface area contributed by atoms with Gasteiger partial charge in [-0.25, -0.2) is 4.79 Å². The summed E-state index contributed by atoms with van der Waals surface area (Å²) in [7, 11) is 0. The van der Waals surface area contributed by atoms with Crippen LogP contribution in [0, 0.1) is 11.3 Å². The van der Waals surface area contributed by atoms with Gasteiger partial charge in [-0.3, -0.25) is 9.59 Å². The van der Waals surface area contributed by atoms with Crippen molar-refractivity contribution in [1.82, 2.24) is 0 Å². The second kappa shape index (κ2) is 9.07. The third-order valence-electron chi connectivity index (χ3n) is 4.37. The number of esters is 1. The quantitative estimate of drug-likeness (QED) is 0.698. The second-order valence-electron chi connectivity index (χ2n) is 6.53. The van der Waals surface area contributed by atoms with Crippen molar-refractivity contribution in [2.75, 3.05) is 17.2 Å². The van der Waals surface area contributed by atoms with E-state index in [1.54, 1.807) is 0 Å². The minimum atomic E-state index is -0.638. The molecule has 0 saturated heterocycles. The SMILES string of the molecule is CC(=O)Nc1sc2c(c1C(=O)OCC(=O)Nc1ccc(C#N)c(Cl)c1)CCCC2. The van der Waals surface area contributed by atoms with Gasteiger partial charge in [-0.1, -0.05) is 11.6 Å². The Bertz CT molecular complexity index is 1030. The zero-order valence-corrected chi connectivity index (χ0v) is 17.2. The number of hydrogen-bond donors (Lipinski definition) is 2. The number of thiophene rings is 1. The molecule has 0 atom stereocenters. The van der Waals surface area contributed by atoms with Crippen molar-refractivity contribution >= 4 is 51.4 Å². The molecule has 9 heteroatoms. The largest absolute Gasteiger partial charge is 0.452 e. The van der Waals surface area contributed by atoms with E-state index in [9.17, 15) is 14.4 Å². The third-order valence-corrected chi connectivity index (χ3v) is 5.89. The standard InChI is InChI=1S/C20H18ClN3O4S/c1-11(25)23-19-18(14-4-2-3-5-16(14)29-19)20(27)28-10-17(26)24-13-7-6-12(9-22)15(21)8-13/h6-8H,2-5,10H2,1H3,(H,23,25)(H,24,26). The third kappa shape index (κ3) is 4.94. The Morgan fingerprint density at radius 3 is 2.69 bits per heavy atom. The lowest BCUT2D eigenvalue weighted by atomic mass is 9.95. The van der Waals surface area contributed by atoms with Crippen LogP contribution in [-0.4, -0.2) is 24.4 Å². The summed E-state index contributed by atoms with van der Waals surface area (Å²) in [5.74, 6) is -1.45. The Labute approximate surface area is 176 Å². The minimum absolute atomic E-state index is 0.215. The smallest absolute Gasteiger partial charge is 0.341 e. The number of rotatable bonds is 5. The van der Waals surface area contributed by atoms with Crippen LogP contribution < -0.4 is 10.6 Å². The van der Waals surface area contributed by atoms with Gasteiger partial charge in [0.15, 0.2) is 6.61 Å². The molecule has 1 aliphatic rings. The molecule has 0 fully saturated rings. The van der Waals surface area contributed by atoms with E-state index in [-0.39, 0.29) is 10.9 Å². The summed E-state index contributed by atoms with van der Waals surface area (Å²) in [5, 5.41) is 14.8. The van der Waals surface area contributed by atoms with Crippen molar-refractivity contribution in [3.63, 3.8) is 0 Å². The lowest BCUT2D eigenvalue weighted by Gasteiger charge is -2.13. The zero-order valence-electron chi connectivity index (χ0n) is 15.6. The molecule has 0 aliphatic heterocycles. The summed E-state index contributed by atoms with van der Waals surface area (Å²) in [4.78, 5) is 37.4. The number of fused-ring (bicyclic) bond motifs is 1. The monoisotopic (exact) mass is 431 g/mol. The molecule has 2 aromatic rings. The fourth-order valence-electron chi connectivity index (χ4n) is 3.11. The molecule has 2 amide bonds. The van der Waals surface area contributed by atoms with Gasteiger partial charge in [0.05, 0.1) is 16.1 Å². The number of amides is 2. The van der Waals surface area contributed by atoms with E-state index in [4.69, 9.17) is 21.6 Å². The zero-order chi connectivity index (χ0) is 21.0. The van der Waals surface area contributed by atoms with E-state index in [0.717, 1.165) is 36.1 Å². The molecule has 0 unspecified atom stereocenters. The number of anilines is 2. The lowest BCUT2D eigenvalue weighted by molar-refractivity contribution is -0.119. The Kier molecular flexibility index (Phi) is 6.52. The molecular weight excluding hydrogens is 414 g/mol. The fourth-order valence-corrected chi connectivity index (χ4v) is 4.66. The number of carbonyl (C=O) groups excluding carboxylic acids is 3. The average Bonchev–Trinajstić information content (AvgIpc) is 3.03. The van der Waals surface area contributed by atoms with Gasteiger partial charge in [0.25, 0.3) is 5.91 Å². The van der Waals surface area contributed by atoms with Gasteiger partial charge in [0.1, 0.15) is 11.1 Å². The lowest BCUT2D eigenvalue weighted by Crippen LogP contribution is -2.22. The highest BCUT2D eigenvalue weighted by Gasteiger charge is 2.27. The van der Waals surface area contributed by atoms with Crippen molar-refractivity contribution in [3.8, 4) is 6.07 Å². The summed E-state index contributed by atoms with van der Waals surface area (Å²) in [6.07, 6.45) is 3.60. The molecule has 1 aromatic heterocycles. The van der Waals surface area contributed by atoms with Gasteiger partial charge in [0, 0.05) is 17.5 Å². The molecule has 7 nitrogen and oxygen atoms in total. The second-order valence-corrected chi connectivity index (χ2v) is 8.04. The summed E-state index contributed by atoms with van der Waals surface area (Å²) < 4.78 is 5.20. The maximum Gasteiger partial charge on any atom is 0.341 e. The first-order valence-electron chi connectivity index (χ1n) is 8.97. The highest BCUT2D eigenvalue weighted by atomic mass is 35.5. The highest BCUT2D eigenvalue weighted by molar-refractivity contribution is 7.17. The van der Waals surface area contributed by atoms with Gasteiger partial charge >= 0.3 is 5.97 Å². The molecule has 0 radical (unpaired) electrons. The van der Waals surface area contributed by atoms with Crippen molar-refractivity contribution in [1.29, 1.82) is 5.26 Å². The van der Waals surface area contributed by atoms with E-state index in [2.05, 4.69) is 10.6 Å². The van der Waals surface area contributed by atoms with Crippen LogP contribution in [0.1, 0.15) is 46.1 Å². The maximum absolute atomic E-state index is 12.7. The Morgan fingerprint density at radius 1 is 1.24 bits per heavy atom. The number of halogens is 1. The van der Waals surface area contributed by atoms with E-state index in [1.807, 2.05) is 6.07 Å². The Morgan fingerprint density at radius 2 is 2.00 bits per heavy atom. The number of benzene rings is 1. The van der Waals surface area contributed by atoms with Crippen LogP contribution in [0.5, 0.6) is 0 Å². The van der Waals surface area contributed by atoms with Gasteiger partial charge in [-0.05, 0) is 49.4 Å². The number of nitriles is 1. The molecule has 0 saturated carbocycles. The molecule has 0 spiro atoms. The van der Waals surface area contributed by atoms with E-state index in [1.165, 1.54) is 36.5 Å². The molecule has 1 heterocycles. The average molecular weight is 432 g/mol. The van der Waals surface area contributed by atoms with Crippen LogP contribution in [0.3, 0.4) is 0 Å². The number of nitrogens with one attached hydrogen (secondary N) is 2. The molecule has 2 N–H and O–H groups in total. The molecule has 29 heavy (non-hydrogen) atoms. The van der Waals surface area contributed by atoms with Gasteiger partial charge in [0.2, 0.25) is 5.91 Å². The summed E-state index contributed by atoms with van der Waals surface area (Å²) in [5.41, 5.74) is 1.93. The van der Waals surface area contributed by atoms with Crippen LogP contribution in [0.15, 0.2) is 18.2 Å². The van der Waals surface area contributed by atoms with Crippen LogP contribution >= 0.6 is 22.9 Å². The van der Waals surface area contributed by atoms with Gasteiger partial charge in [-0.2, -0.15) is 5.26 Å². The van der Waals surface area contributed by atoms with Crippen LogP contribution in [-0.2, 0) is 27.2 Å². The molecule has 3 rings (SSSR count). The van der Waals surface area contributed by atoms with E-state index >= 15 is 0 Å². The number of nitrogens with zero attached hydrogens (tertiary/aromatic N) is 1. The van der Waals surface area contributed by atoms with Gasteiger partial charge in [-0.15, -0.1) is 11.3 Å². The first kappa shape index (κ1) is 20.8. The minimum Gasteiger partial charge on any atom is -0.452 e. The summed E-state index contributed by atoms with van der Waals surface area (Å²) in [6.45, 7) is 0.893. The van der Waals surface area contributed by atoms with Crippen molar-refractivity contribution in [2.45, 2.75) is 32.6 Å². The fraction of sp³-hybridized carbons (Fsp3) is 0.300. The molecule has 1 aromatic carbocycles. The first-order valence-corrected chi connectivity index (χ1v) is 10.2. The number of aryl methyl sites for hydroxylation is 1. The number of hydrogen-bond acceptors (Lipinski definition) is 6. The highest BCUT2D eigenvalue weighted by Crippen LogP contribution is 2.38. The van der Waals surface area contributed by atoms with Crippen molar-refractivity contribution < 1.29 is 19.1 Å². The van der Waals surface area contributed by atoms with Crippen LogP contribution in [0.4, 0.5) is 10.7 Å². The predicted octanol–water partition coefficient (Wildman–Crippen LogP) is 3.91. The summed E-state index contributed by atoms with van der Waals surface area (Å²) >= 11 is 7.33. The van der Waals surface area contributed by atoms with Crippen molar-refractivity contribution in [2.24, 2.45) is 0 Å². The normalized spacial score (nSPS) is 12.4. The number of ether oxygens (including phenoxy) is 1. The van der Waals surface area contributed by atoms with Crippen LogP contribution in [0.25, 0.3) is 0 Å².